The molecule has 2 atom stereocenters. The van der Waals surface area contributed by atoms with Gasteiger partial charge in [0.05, 0.1) is 0 Å². The maximum absolute atomic E-state index is 13.3. The number of benzene rings is 2. The summed E-state index contributed by atoms with van der Waals surface area (Å²) in [4.78, 5) is 27.4. The molecule has 2 amide bonds. The Morgan fingerprint density at radius 2 is 1.85 bits per heavy atom. The molecule has 0 saturated carbocycles. The number of halogens is 2. The minimum Gasteiger partial charge on any atom is -0.354 e. The largest absolute Gasteiger partial charge is 0.354 e. The van der Waals surface area contributed by atoms with Crippen LogP contribution in [0.2, 0.25) is 5.02 Å². The van der Waals surface area contributed by atoms with Gasteiger partial charge < -0.3 is 10.2 Å². The number of hydrogen-bond donors (Lipinski definition) is 1. The SMILES string of the molecule is CCCNC(=O)[C@@H]1CS[C@H](c2ccc(F)cc2)N1C(=O)c1ccc(Cl)cc1. The third kappa shape index (κ3) is 4.45. The van der Waals surface area contributed by atoms with Crippen LogP contribution in [0.25, 0.3) is 0 Å². The second-order valence-electron chi connectivity index (χ2n) is 6.26. The topological polar surface area (TPSA) is 49.4 Å². The van der Waals surface area contributed by atoms with Crippen molar-refractivity contribution in [1.82, 2.24) is 10.2 Å². The zero-order chi connectivity index (χ0) is 19.4. The van der Waals surface area contributed by atoms with Gasteiger partial charge in [-0.3, -0.25) is 9.59 Å². The number of nitrogens with zero attached hydrogens (tertiary/aromatic N) is 1. The van der Waals surface area contributed by atoms with Crippen LogP contribution in [0.1, 0.15) is 34.6 Å². The van der Waals surface area contributed by atoms with E-state index in [0.717, 1.165) is 12.0 Å². The zero-order valence-corrected chi connectivity index (χ0v) is 16.4. The van der Waals surface area contributed by atoms with Crippen LogP contribution in [0.5, 0.6) is 0 Å². The average molecular weight is 407 g/mol. The summed E-state index contributed by atoms with van der Waals surface area (Å²) >= 11 is 7.42. The molecule has 0 aliphatic carbocycles. The lowest BCUT2D eigenvalue weighted by Gasteiger charge is -2.29. The Kier molecular flexibility index (Phi) is 6.39. The number of carbonyl (C=O) groups is 2. The van der Waals surface area contributed by atoms with Crippen molar-refractivity contribution in [3.05, 3.63) is 70.5 Å². The van der Waals surface area contributed by atoms with Gasteiger partial charge in [0.15, 0.2) is 0 Å². The normalized spacial score (nSPS) is 19.1. The third-order valence-electron chi connectivity index (χ3n) is 4.33. The van der Waals surface area contributed by atoms with E-state index in [-0.39, 0.29) is 23.0 Å². The highest BCUT2D eigenvalue weighted by molar-refractivity contribution is 7.99. The molecule has 1 aliphatic rings. The summed E-state index contributed by atoms with van der Waals surface area (Å²) in [5.41, 5.74) is 1.25. The van der Waals surface area contributed by atoms with Crippen LogP contribution in [0.4, 0.5) is 4.39 Å². The molecular weight excluding hydrogens is 387 g/mol. The molecule has 0 bridgehead atoms. The lowest BCUT2D eigenvalue weighted by molar-refractivity contribution is -0.124. The summed E-state index contributed by atoms with van der Waals surface area (Å²) < 4.78 is 13.3. The van der Waals surface area contributed by atoms with Crippen molar-refractivity contribution in [2.24, 2.45) is 0 Å². The van der Waals surface area contributed by atoms with E-state index >= 15 is 0 Å². The van der Waals surface area contributed by atoms with E-state index in [1.807, 2.05) is 6.92 Å². The maximum atomic E-state index is 13.3. The summed E-state index contributed by atoms with van der Waals surface area (Å²) in [6.07, 6.45) is 0.818. The number of hydrogen-bond acceptors (Lipinski definition) is 3. The van der Waals surface area contributed by atoms with E-state index in [1.54, 1.807) is 41.3 Å². The van der Waals surface area contributed by atoms with Crippen molar-refractivity contribution >= 4 is 35.2 Å². The predicted octanol–water partition coefficient (Wildman–Crippen LogP) is 4.26. The van der Waals surface area contributed by atoms with Crippen molar-refractivity contribution in [2.75, 3.05) is 12.3 Å². The number of rotatable bonds is 5. The van der Waals surface area contributed by atoms with Gasteiger partial charge in [-0.05, 0) is 48.4 Å². The van der Waals surface area contributed by atoms with Gasteiger partial charge in [0.2, 0.25) is 5.91 Å². The van der Waals surface area contributed by atoms with Gasteiger partial charge in [-0.2, -0.15) is 0 Å². The molecule has 4 nitrogen and oxygen atoms in total. The van der Waals surface area contributed by atoms with Crippen molar-refractivity contribution < 1.29 is 14.0 Å². The van der Waals surface area contributed by atoms with Gasteiger partial charge in [-0.25, -0.2) is 4.39 Å². The van der Waals surface area contributed by atoms with Crippen LogP contribution in [0.3, 0.4) is 0 Å². The average Bonchev–Trinajstić information content (AvgIpc) is 3.12. The molecule has 0 radical (unpaired) electrons. The van der Waals surface area contributed by atoms with E-state index < -0.39 is 6.04 Å². The highest BCUT2D eigenvalue weighted by atomic mass is 35.5. The lowest BCUT2D eigenvalue weighted by Crippen LogP contribution is -2.48. The van der Waals surface area contributed by atoms with E-state index in [0.29, 0.717) is 22.9 Å². The van der Waals surface area contributed by atoms with Crippen molar-refractivity contribution in [3.8, 4) is 0 Å². The van der Waals surface area contributed by atoms with E-state index in [2.05, 4.69) is 5.32 Å². The fourth-order valence-electron chi connectivity index (χ4n) is 2.95. The number of amides is 2. The monoisotopic (exact) mass is 406 g/mol. The first-order chi connectivity index (χ1) is 13.0. The Labute approximate surface area is 167 Å². The molecule has 1 heterocycles. The third-order valence-corrected chi connectivity index (χ3v) is 5.91. The summed E-state index contributed by atoms with van der Waals surface area (Å²) in [5, 5.41) is 3.05. The van der Waals surface area contributed by atoms with Gasteiger partial charge in [0, 0.05) is 22.9 Å². The van der Waals surface area contributed by atoms with Gasteiger partial charge in [0.1, 0.15) is 17.2 Å². The minimum atomic E-state index is -0.584. The zero-order valence-electron chi connectivity index (χ0n) is 14.8. The van der Waals surface area contributed by atoms with Crippen LogP contribution in [0.15, 0.2) is 48.5 Å². The van der Waals surface area contributed by atoms with Crippen LogP contribution in [-0.2, 0) is 4.79 Å². The molecule has 1 aliphatic heterocycles. The highest BCUT2D eigenvalue weighted by Gasteiger charge is 2.42. The molecule has 1 saturated heterocycles. The van der Waals surface area contributed by atoms with Gasteiger partial charge in [0.25, 0.3) is 5.91 Å². The first-order valence-electron chi connectivity index (χ1n) is 8.74. The predicted molar refractivity (Wildman–Crippen MR) is 106 cm³/mol. The molecule has 27 heavy (non-hydrogen) atoms. The lowest BCUT2D eigenvalue weighted by atomic mass is 10.1. The van der Waals surface area contributed by atoms with Crippen LogP contribution >= 0.6 is 23.4 Å². The molecule has 3 rings (SSSR count). The molecular formula is C20H20ClFN2O2S. The Morgan fingerprint density at radius 3 is 2.48 bits per heavy atom. The van der Waals surface area contributed by atoms with E-state index in [4.69, 9.17) is 11.6 Å². The number of carbonyl (C=O) groups excluding carboxylic acids is 2. The summed E-state index contributed by atoms with van der Waals surface area (Å²) in [6.45, 7) is 2.53. The van der Waals surface area contributed by atoms with Crippen molar-refractivity contribution in [2.45, 2.75) is 24.8 Å². The molecule has 0 spiro atoms. The molecule has 0 aromatic heterocycles. The molecule has 7 heteroatoms. The van der Waals surface area contributed by atoms with Gasteiger partial charge in [-0.15, -0.1) is 11.8 Å². The molecule has 2 aromatic rings. The fourth-order valence-corrected chi connectivity index (χ4v) is 4.50. The van der Waals surface area contributed by atoms with Crippen LogP contribution in [-0.4, -0.2) is 35.1 Å². The number of nitrogens with one attached hydrogen (secondary N) is 1. The van der Waals surface area contributed by atoms with Crippen LogP contribution < -0.4 is 5.32 Å². The Bertz CT molecular complexity index is 814. The summed E-state index contributed by atoms with van der Waals surface area (Å²) in [7, 11) is 0. The van der Waals surface area contributed by atoms with E-state index in [9.17, 15) is 14.0 Å². The molecule has 1 N–H and O–H groups in total. The Hall–Kier alpha value is -2.05. The summed E-state index contributed by atoms with van der Waals surface area (Å²) in [6, 6.07) is 12.1. The van der Waals surface area contributed by atoms with Crippen molar-refractivity contribution in [3.63, 3.8) is 0 Å². The number of thioether (sulfide) groups is 1. The van der Waals surface area contributed by atoms with E-state index in [1.165, 1.54) is 23.9 Å². The van der Waals surface area contributed by atoms with Crippen LogP contribution in [0, 0.1) is 5.82 Å². The quantitative estimate of drug-likeness (QED) is 0.807. The molecule has 1 fully saturated rings. The van der Waals surface area contributed by atoms with Crippen molar-refractivity contribution in [1.29, 1.82) is 0 Å². The first kappa shape index (κ1) is 19.7. The fraction of sp³-hybridized carbons (Fsp3) is 0.300. The standard InChI is InChI=1S/C20H20ClFN2O2S/c1-2-11-23-18(25)17-12-27-20(14-5-9-16(22)10-6-14)24(17)19(26)13-3-7-15(21)8-4-13/h3-10,17,20H,2,11-12H2,1H3,(H,23,25)/t17-,20+/m0/s1. The smallest absolute Gasteiger partial charge is 0.255 e. The summed E-state index contributed by atoms with van der Waals surface area (Å²) in [5.74, 6) is -0.273. The molecule has 142 valence electrons. The minimum absolute atomic E-state index is 0.170. The molecule has 0 unspecified atom stereocenters. The first-order valence-corrected chi connectivity index (χ1v) is 10.2. The van der Waals surface area contributed by atoms with Gasteiger partial charge in [-0.1, -0.05) is 30.7 Å². The maximum Gasteiger partial charge on any atom is 0.255 e. The second kappa shape index (κ2) is 8.76. The second-order valence-corrected chi connectivity index (χ2v) is 7.81. The Morgan fingerprint density at radius 1 is 1.19 bits per heavy atom. The van der Waals surface area contributed by atoms with Gasteiger partial charge >= 0.3 is 0 Å². The molecule has 2 aromatic carbocycles. The Balaban J connectivity index is 1.93. The highest BCUT2D eigenvalue weighted by Crippen LogP contribution is 2.42.